The Kier molecular flexibility index (Phi) is 4.59. The minimum absolute atomic E-state index is 0.290. The molecule has 2 N–H and O–H groups in total. The van der Waals surface area contributed by atoms with Crippen LogP contribution < -0.4 is 5.73 Å². The molecule has 0 radical (unpaired) electrons. The molecule has 7 heteroatoms. The fraction of sp³-hybridized carbons (Fsp3) is 0.222. The van der Waals surface area contributed by atoms with Gasteiger partial charge in [0.15, 0.2) is 0 Å². The molecule has 25 heavy (non-hydrogen) atoms. The Balaban J connectivity index is 1.93. The van der Waals surface area contributed by atoms with E-state index in [0.29, 0.717) is 17.8 Å². The van der Waals surface area contributed by atoms with Crippen LogP contribution in [-0.2, 0) is 11.3 Å². The van der Waals surface area contributed by atoms with Crippen LogP contribution in [0.15, 0.2) is 29.6 Å². The number of ether oxygens (including phenoxy) is 1. The molecule has 2 heterocycles. The van der Waals surface area contributed by atoms with E-state index in [0.717, 1.165) is 27.7 Å². The molecule has 0 saturated carbocycles. The average Bonchev–Trinajstić information content (AvgIpc) is 3.14. The van der Waals surface area contributed by atoms with E-state index in [1.54, 1.807) is 6.07 Å². The lowest BCUT2D eigenvalue weighted by Gasteiger charge is -2.07. The van der Waals surface area contributed by atoms with Gasteiger partial charge in [-0.15, -0.1) is 11.3 Å². The Bertz CT molecular complexity index is 946. The van der Waals surface area contributed by atoms with Crippen molar-refractivity contribution in [3.63, 3.8) is 0 Å². The predicted molar refractivity (Wildman–Crippen MR) is 96.3 cm³/mol. The molecule has 0 amide bonds. The molecule has 3 aromatic rings. The van der Waals surface area contributed by atoms with Crippen LogP contribution >= 0.6 is 11.3 Å². The summed E-state index contributed by atoms with van der Waals surface area (Å²) in [4.78, 5) is 16.5. The highest BCUT2D eigenvalue weighted by Gasteiger charge is 2.22. The topological polar surface area (TPSA) is 70.1 Å². The summed E-state index contributed by atoms with van der Waals surface area (Å²) >= 11 is 1.45. The van der Waals surface area contributed by atoms with Crippen LogP contribution in [0.4, 0.5) is 10.1 Å². The molecule has 0 aliphatic heterocycles. The second-order valence-electron chi connectivity index (χ2n) is 5.69. The number of carbonyl (C=O) groups excluding carboxylic acids is 1. The van der Waals surface area contributed by atoms with Crippen LogP contribution in [0.25, 0.3) is 10.6 Å². The molecule has 0 aliphatic carbocycles. The first-order chi connectivity index (χ1) is 11.9. The van der Waals surface area contributed by atoms with Crippen LogP contribution in [0.3, 0.4) is 0 Å². The van der Waals surface area contributed by atoms with E-state index in [9.17, 15) is 9.18 Å². The van der Waals surface area contributed by atoms with Gasteiger partial charge in [-0.05, 0) is 26.0 Å². The van der Waals surface area contributed by atoms with Crippen molar-refractivity contribution >= 4 is 23.0 Å². The number of nitrogens with two attached hydrogens (primary N) is 1. The number of benzene rings is 1. The van der Waals surface area contributed by atoms with Gasteiger partial charge in [0.1, 0.15) is 16.4 Å². The Morgan fingerprint density at radius 3 is 2.80 bits per heavy atom. The van der Waals surface area contributed by atoms with Crippen LogP contribution in [0.5, 0.6) is 0 Å². The van der Waals surface area contributed by atoms with Gasteiger partial charge >= 0.3 is 5.97 Å². The van der Waals surface area contributed by atoms with Crippen LogP contribution in [0, 0.1) is 19.7 Å². The van der Waals surface area contributed by atoms with Gasteiger partial charge in [0, 0.05) is 22.3 Å². The fourth-order valence-corrected chi connectivity index (χ4v) is 3.61. The average molecular weight is 359 g/mol. The number of methoxy groups -OCH3 is 1. The summed E-state index contributed by atoms with van der Waals surface area (Å²) < 4.78 is 20.1. The molecule has 5 nitrogen and oxygen atoms in total. The molecule has 130 valence electrons. The predicted octanol–water partition coefficient (Wildman–Crippen LogP) is 3.78. The van der Waals surface area contributed by atoms with E-state index in [4.69, 9.17) is 10.5 Å². The molecule has 3 rings (SSSR count). The minimum Gasteiger partial charge on any atom is -0.465 e. The number of halogens is 1. The first-order valence-electron chi connectivity index (χ1n) is 7.66. The Hall–Kier alpha value is -2.67. The molecular formula is C18H18FN3O2S. The monoisotopic (exact) mass is 359 g/mol. The molecule has 0 bridgehead atoms. The number of rotatable bonds is 4. The van der Waals surface area contributed by atoms with Crippen molar-refractivity contribution in [1.29, 1.82) is 0 Å². The number of nitrogens with zero attached hydrogens (tertiary/aromatic N) is 2. The van der Waals surface area contributed by atoms with Crippen LogP contribution in [0.2, 0.25) is 0 Å². The van der Waals surface area contributed by atoms with Gasteiger partial charge < -0.3 is 15.0 Å². The summed E-state index contributed by atoms with van der Waals surface area (Å²) in [5.41, 5.74) is 9.97. The Labute approximate surface area is 148 Å². The third-order valence-electron chi connectivity index (χ3n) is 4.16. The van der Waals surface area contributed by atoms with Crippen LogP contribution in [0.1, 0.15) is 27.4 Å². The second kappa shape index (κ2) is 6.68. The summed E-state index contributed by atoms with van der Waals surface area (Å²) in [6.07, 6.45) is 0. The first kappa shape index (κ1) is 17.2. The van der Waals surface area contributed by atoms with Gasteiger partial charge in [0.2, 0.25) is 0 Å². The van der Waals surface area contributed by atoms with E-state index in [2.05, 4.69) is 4.98 Å². The van der Waals surface area contributed by atoms with E-state index in [-0.39, 0.29) is 5.82 Å². The second-order valence-corrected chi connectivity index (χ2v) is 6.55. The van der Waals surface area contributed by atoms with Gasteiger partial charge in [0.25, 0.3) is 0 Å². The number of hydrogen-bond donors (Lipinski definition) is 1. The quantitative estimate of drug-likeness (QED) is 0.720. The minimum atomic E-state index is -0.449. The maximum Gasteiger partial charge on any atom is 0.341 e. The molecule has 0 saturated heterocycles. The molecule has 0 unspecified atom stereocenters. The van der Waals surface area contributed by atoms with Crippen LogP contribution in [-0.4, -0.2) is 22.6 Å². The molecular weight excluding hydrogens is 341 g/mol. The summed E-state index contributed by atoms with van der Waals surface area (Å²) in [5.74, 6) is -0.739. The van der Waals surface area contributed by atoms with Crippen molar-refractivity contribution in [3.05, 3.63) is 58.1 Å². The number of aromatic nitrogens is 2. The lowest BCUT2D eigenvalue weighted by atomic mass is 10.2. The Morgan fingerprint density at radius 2 is 2.12 bits per heavy atom. The molecule has 0 spiro atoms. The van der Waals surface area contributed by atoms with Crippen molar-refractivity contribution in [1.82, 2.24) is 9.55 Å². The van der Waals surface area contributed by atoms with Gasteiger partial charge in [-0.2, -0.15) is 0 Å². The highest BCUT2D eigenvalue weighted by Crippen LogP contribution is 2.28. The number of thiazole rings is 1. The van der Waals surface area contributed by atoms with Gasteiger partial charge in [-0.1, -0.05) is 12.1 Å². The van der Waals surface area contributed by atoms with Gasteiger partial charge in [-0.3, -0.25) is 0 Å². The highest BCUT2D eigenvalue weighted by atomic mass is 32.1. The molecule has 2 aromatic heterocycles. The van der Waals surface area contributed by atoms with Crippen molar-refractivity contribution in [2.24, 2.45) is 0 Å². The summed E-state index contributed by atoms with van der Waals surface area (Å²) in [6, 6.07) is 6.35. The normalized spacial score (nSPS) is 10.9. The zero-order valence-corrected chi connectivity index (χ0v) is 15.0. The summed E-state index contributed by atoms with van der Waals surface area (Å²) in [5, 5.41) is 2.67. The molecule has 0 atom stereocenters. The number of hydrogen-bond acceptors (Lipinski definition) is 5. The van der Waals surface area contributed by atoms with Gasteiger partial charge in [-0.25, -0.2) is 14.2 Å². The van der Waals surface area contributed by atoms with Crippen molar-refractivity contribution < 1.29 is 13.9 Å². The standard InChI is InChI=1S/C18H18FN3O2S/c1-10-15(18(23)24-3)16(20)11(2)22(10)8-14-9-25-17(21-14)12-5-4-6-13(19)7-12/h4-7,9H,8,20H2,1-3H3. The summed E-state index contributed by atoms with van der Waals surface area (Å²) in [6.45, 7) is 4.16. The number of carbonyl (C=O) groups is 1. The first-order valence-corrected chi connectivity index (χ1v) is 8.54. The SMILES string of the molecule is COC(=O)c1c(N)c(C)n(Cc2csc(-c3cccc(F)c3)n2)c1C. The fourth-order valence-electron chi connectivity index (χ4n) is 2.80. The van der Waals surface area contributed by atoms with E-state index < -0.39 is 5.97 Å². The zero-order chi connectivity index (χ0) is 18.1. The largest absolute Gasteiger partial charge is 0.465 e. The highest BCUT2D eigenvalue weighted by molar-refractivity contribution is 7.13. The molecule has 0 fully saturated rings. The van der Waals surface area contributed by atoms with Crippen molar-refractivity contribution in [2.45, 2.75) is 20.4 Å². The lowest BCUT2D eigenvalue weighted by molar-refractivity contribution is 0.0601. The van der Waals surface area contributed by atoms with Gasteiger partial charge in [0.05, 0.1) is 25.0 Å². The van der Waals surface area contributed by atoms with E-state index in [1.165, 1.54) is 30.6 Å². The maximum absolute atomic E-state index is 13.4. The molecule has 1 aromatic carbocycles. The zero-order valence-electron chi connectivity index (χ0n) is 14.2. The summed E-state index contributed by atoms with van der Waals surface area (Å²) in [7, 11) is 1.33. The number of esters is 1. The number of nitrogen functional groups attached to an aromatic ring is 1. The van der Waals surface area contributed by atoms with Crippen molar-refractivity contribution in [3.8, 4) is 10.6 Å². The lowest BCUT2D eigenvalue weighted by Crippen LogP contribution is -2.07. The van der Waals surface area contributed by atoms with Crippen molar-refractivity contribution in [2.75, 3.05) is 12.8 Å². The van der Waals surface area contributed by atoms with E-state index >= 15 is 0 Å². The smallest absolute Gasteiger partial charge is 0.341 e. The Morgan fingerprint density at radius 1 is 1.36 bits per heavy atom. The third kappa shape index (κ3) is 3.15. The van der Waals surface area contributed by atoms with E-state index in [1.807, 2.05) is 29.9 Å². The maximum atomic E-state index is 13.4. The third-order valence-corrected chi connectivity index (χ3v) is 5.10. The number of anilines is 1. The molecule has 0 aliphatic rings.